The van der Waals surface area contributed by atoms with Crippen LogP contribution in [0.2, 0.25) is 0 Å². The highest BCUT2D eigenvalue weighted by Crippen LogP contribution is 2.24. The fraction of sp³-hybridized carbons (Fsp3) is 0.184. The Morgan fingerprint density at radius 3 is 2.07 bits per heavy atom. The summed E-state index contributed by atoms with van der Waals surface area (Å²) < 4.78 is 16.9. The molecule has 0 bridgehead atoms. The number of fused-ring (bicyclic) bond motifs is 3. The largest absolute Gasteiger partial charge is 0.478 e. The molecule has 0 amide bonds. The second kappa shape index (κ2) is 13.6. The minimum Gasteiger partial charge on any atom is -0.478 e. The highest BCUT2D eigenvalue weighted by atomic mass is 16.6. The van der Waals surface area contributed by atoms with E-state index < -0.39 is 24.1 Å². The number of carboxylic acid groups (broad SMARTS) is 1. The molecule has 0 spiro atoms. The minimum absolute atomic E-state index is 0.0403. The normalized spacial score (nSPS) is 16.8. The zero-order valence-electron chi connectivity index (χ0n) is 24.6. The van der Waals surface area contributed by atoms with Crippen molar-refractivity contribution in [1.82, 2.24) is 0 Å². The Balaban J connectivity index is 0.000000229. The van der Waals surface area contributed by atoms with E-state index in [4.69, 9.17) is 19.3 Å². The molecule has 226 valence electrons. The molecule has 5 aromatic rings. The number of esters is 2. The lowest BCUT2D eigenvalue weighted by molar-refractivity contribution is -0.0282. The first-order valence-electron chi connectivity index (χ1n) is 14.9. The maximum atomic E-state index is 12.7. The van der Waals surface area contributed by atoms with Crippen LogP contribution in [0, 0.1) is 0 Å². The molecule has 7 nitrogen and oxygen atoms in total. The van der Waals surface area contributed by atoms with Gasteiger partial charge in [0.15, 0.2) is 0 Å². The predicted octanol–water partition coefficient (Wildman–Crippen LogP) is 7.51. The van der Waals surface area contributed by atoms with Crippen LogP contribution < -0.4 is 0 Å². The van der Waals surface area contributed by atoms with Gasteiger partial charge in [-0.15, -0.1) is 0 Å². The number of allylic oxidation sites excluding steroid dienone is 1. The summed E-state index contributed by atoms with van der Waals surface area (Å²) in [5, 5.41) is 12.8. The van der Waals surface area contributed by atoms with Gasteiger partial charge in [0, 0.05) is 6.42 Å². The first-order chi connectivity index (χ1) is 21.9. The number of hydrogen-bond donors (Lipinski definition) is 1. The molecule has 1 fully saturated rings. The van der Waals surface area contributed by atoms with Gasteiger partial charge in [-0.1, -0.05) is 78.9 Å². The van der Waals surface area contributed by atoms with E-state index >= 15 is 0 Å². The summed E-state index contributed by atoms with van der Waals surface area (Å²) >= 11 is 0. The summed E-state index contributed by atoms with van der Waals surface area (Å²) in [5.41, 5.74) is 3.66. The smallest absolute Gasteiger partial charge is 0.338 e. The molecular weight excluding hydrogens is 568 g/mol. The molecule has 45 heavy (non-hydrogen) atoms. The fourth-order valence-corrected chi connectivity index (χ4v) is 5.57. The van der Waals surface area contributed by atoms with E-state index in [0.717, 1.165) is 45.5 Å². The molecule has 1 aliphatic heterocycles. The Hall–Kier alpha value is -5.27. The molecule has 1 saturated heterocycles. The number of carbonyl (C=O) groups excluding carboxylic acids is 2. The number of carbonyl (C=O) groups is 3. The van der Waals surface area contributed by atoms with Crippen molar-refractivity contribution < 1.29 is 33.7 Å². The highest BCUT2D eigenvalue weighted by Gasteiger charge is 2.33. The standard InChI is InChI=1S/C27H24O5.C11H8O2/c28-26(22-11-9-18-5-1-3-7-20(18)15-22)31-17-25-24(13-14-30-25)32-27(29)23-12-10-19-6-2-4-8-21(19)16-23;12-11(13)10-6-5-8-3-1-2-4-9(8)7-10/h1-3,5-7,9-12,15-16,24-25H,4,8,13-14,17H2;1-7H,(H,12,13)/t24-,25+;/m1./s1. The number of benzene rings is 5. The second-order valence-electron chi connectivity index (χ2n) is 11.0. The van der Waals surface area contributed by atoms with Crippen molar-refractivity contribution in [1.29, 1.82) is 0 Å². The van der Waals surface area contributed by atoms with Crippen LogP contribution >= 0.6 is 0 Å². The van der Waals surface area contributed by atoms with Gasteiger partial charge in [-0.05, 0) is 81.9 Å². The maximum absolute atomic E-state index is 12.7. The van der Waals surface area contributed by atoms with E-state index in [2.05, 4.69) is 12.2 Å². The van der Waals surface area contributed by atoms with Crippen molar-refractivity contribution in [2.75, 3.05) is 13.2 Å². The van der Waals surface area contributed by atoms with Gasteiger partial charge in [0.25, 0.3) is 0 Å². The molecule has 7 heteroatoms. The number of hydrogen-bond acceptors (Lipinski definition) is 6. The third kappa shape index (κ3) is 7.11. The fourth-order valence-electron chi connectivity index (χ4n) is 5.57. The summed E-state index contributed by atoms with van der Waals surface area (Å²) in [6.45, 7) is 0.504. The number of rotatable bonds is 6. The highest BCUT2D eigenvalue weighted by molar-refractivity contribution is 5.96. The lowest BCUT2D eigenvalue weighted by Gasteiger charge is -2.19. The van der Waals surface area contributed by atoms with Crippen LogP contribution in [0.15, 0.2) is 109 Å². The Bertz CT molecular complexity index is 1910. The molecule has 1 aliphatic carbocycles. The van der Waals surface area contributed by atoms with E-state index in [1.54, 1.807) is 24.3 Å². The van der Waals surface area contributed by atoms with Crippen molar-refractivity contribution in [2.45, 2.75) is 31.5 Å². The van der Waals surface area contributed by atoms with Gasteiger partial charge < -0.3 is 19.3 Å². The zero-order valence-corrected chi connectivity index (χ0v) is 24.6. The summed E-state index contributed by atoms with van der Waals surface area (Å²) in [4.78, 5) is 35.9. The molecule has 1 N–H and O–H groups in total. The van der Waals surface area contributed by atoms with Gasteiger partial charge in [-0.2, -0.15) is 0 Å². The average Bonchev–Trinajstić information content (AvgIpc) is 3.53. The van der Waals surface area contributed by atoms with Crippen LogP contribution in [-0.2, 0) is 20.6 Å². The van der Waals surface area contributed by atoms with Crippen LogP contribution in [0.25, 0.3) is 27.6 Å². The summed E-state index contributed by atoms with van der Waals surface area (Å²) in [6.07, 6.45) is 5.79. The number of aryl methyl sites for hydroxylation is 1. The van der Waals surface area contributed by atoms with Gasteiger partial charge in [0.2, 0.25) is 0 Å². The van der Waals surface area contributed by atoms with Gasteiger partial charge in [-0.25, -0.2) is 14.4 Å². The Morgan fingerprint density at radius 1 is 0.733 bits per heavy atom. The van der Waals surface area contributed by atoms with Gasteiger partial charge >= 0.3 is 17.9 Å². The zero-order chi connectivity index (χ0) is 31.2. The SMILES string of the molecule is O=C(O)c1ccc2ccccc2c1.O=C(OC[C@@H]1OCC[C@H]1OC(=O)c1ccc2c(c1)CCC=C2)c1ccc2ccccc2c1. The summed E-state index contributed by atoms with van der Waals surface area (Å²) in [7, 11) is 0. The molecular formula is C38H32O7. The van der Waals surface area contributed by atoms with E-state index in [1.807, 2.05) is 78.9 Å². The lowest BCUT2D eigenvalue weighted by atomic mass is 9.95. The van der Waals surface area contributed by atoms with E-state index in [-0.39, 0.29) is 12.6 Å². The Morgan fingerprint density at radius 2 is 1.36 bits per heavy atom. The third-order valence-electron chi connectivity index (χ3n) is 8.02. The first kappa shape index (κ1) is 29.8. The minimum atomic E-state index is -0.884. The molecule has 0 saturated carbocycles. The quantitative estimate of drug-likeness (QED) is 0.201. The van der Waals surface area contributed by atoms with Crippen molar-refractivity contribution >= 4 is 45.5 Å². The molecule has 2 aliphatic rings. The lowest BCUT2D eigenvalue weighted by Crippen LogP contribution is -2.32. The monoisotopic (exact) mass is 600 g/mol. The summed E-state index contributed by atoms with van der Waals surface area (Å²) in [6, 6.07) is 31.8. The topological polar surface area (TPSA) is 99.1 Å². The second-order valence-corrected chi connectivity index (χ2v) is 11.0. The van der Waals surface area contributed by atoms with Crippen LogP contribution in [-0.4, -0.2) is 48.4 Å². The van der Waals surface area contributed by atoms with Crippen molar-refractivity contribution in [3.05, 3.63) is 137 Å². The van der Waals surface area contributed by atoms with E-state index in [9.17, 15) is 14.4 Å². The number of aromatic carboxylic acids is 1. The van der Waals surface area contributed by atoms with Gasteiger partial charge in [0.05, 0.1) is 23.3 Å². The van der Waals surface area contributed by atoms with Crippen LogP contribution in [0.4, 0.5) is 0 Å². The van der Waals surface area contributed by atoms with Gasteiger partial charge in [0.1, 0.15) is 18.8 Å². The van der Waals surface area contributed by atoms with Crippen LogP contribution in [0.3, 0.4) is 0 Å². The van der Waals surface area contributed by atoms with Crippen molar-refractivity contribution in [3.63, 3.8) is 0 Å². The Kier molecular flexibility index (Phi) is 8.99. The molecule has 0 radical (unpaired) electrons. The van der Waals surface area contributed by atoms with Crippen LogP contribution in [0.5, 0.6) is 0 Å². The van der Waals surface area contributed by atoms with E-state index in [0.29, 0.717) is 29.7 Å². The van der Waals surface area contributed by atoms with Crippen molar-refractivity contribution in [2.24, 2.45) is 0 Å². The van der Waals surface area contributed by atoms with E-state index in [1.165, 1.54) is 0 Å². The maximum Gasteiger partial charge on any atom is 0.338 e. The molecule has 1 heterocycles. The van der Waals surface area contributed by atoms with Gasteiger partial charge in [-0.3, -0.25) is 0 Å². The predicted molar refractivity (Wildman–Crippen MR) is 172 cm³/mol. The first-order valence-corrected chi connectivity index (χ1v) is 14.9. The summed E-state index contributed by atoms with van der Waals surface area (Å²) in [5.74, 6) is -1.67. The number of ether oxygens (including phenoxy) is 3. The van der Waals surface area contributed by atoms with Crippen molar-refractivity contribution in [3.8, 4) is 0 Å². The molecule has 5 aromatic carbocycles. The molecule has 0 aromatic heterocycles. The molecule has 2 atom stereocenters. The Labute approximate surface area is 260 Å². The molecule has 7 rings (SSSR count). The van der Waals surface area contributed by atoms with Crippen LogP contribution in [0.1, 0.15) is 55.0 Å². The average molecular weight is 601 g/mol. The molecule has 0 unspecified atom stereocenters. The third-order valence-corrected chi connectivity index (χ3v) is 8.02. The number of carboxylic acids is 1.